The van der Waals surface area contributed by atoms with Gasteiger partial charge in [0.05, 0.1) is 33.3 Å². The number of carbonyl (C=O) groups is 4. The van der Waals surface area contributed by atoms with Gasteiger partial charge >= 0.3 is 24.2 Å². The van der Waals surface area contributed by atoms with Gasteiger partial charge in [0.2, 0.25) is 9.84 Å². The molecular weight excluding hydrogens is 783 g/mol. The predicted octanol–water partition coefficient (Wildman–Crippen LogP) is 8.79. The average molecular weight is 834 g/mol. The van der Waals surface area contributed by atoms with Crippen molar-refractivity contribution in [1.82, 2.24) is 10.7 Å². The largest absolute Gasteiger partial charge is 0.481 e. The van der Waals surface area contributed by atoms with Crippen LogP contribution in [0.4, 0.5) is 25.8 Å². The maximum atomic E-state index is 15.1. The van der Waals surface area contributed by atoms with E-state index in [1.54, 1.807) is 64.3 Å². The van der Waals surface area contributed by atoms with Crippen molar-refractivity contribution in [2.75, 3.05) is 30.0 Å². The lowest BCUT2D eigenvalue weighted by molar-refractivity contribution is -0.137. The van der Waals surface area contributed by atoms with E-state index in [1.807, 2.05) is 6.07 Å². The van der Waals surface area contributed by atoms with Crippen LogP contribution in [0.15, 0.2) is 61.6 Å². The molecule has 55 heavy (non-hydrogen) atoms. The van der Waals surface area contributed by atoms with Crippen LogP contribution in [-0.2, 0) is 24.1 Å². The maximum Gasteiger partial charge on any atom is 0.428 e. The molecule has 0 atom stereocenters. The molecule has 3 rings (SSSR count). The number of nitrogens with zero attached hydrogens (tertiary/aromatic N) is 1. The normalized spacial score (nSPS) is 11.9. The van der Waals surface area contributed by atoms with Crippen molar-refractivity contribution in [2.45, 2.75) is 98.7 Å². The molecule has 0 radical (unpaired) electrons. The average Bonchev–Trinajstić information content (AvgIpc) is 3.49. The summed E-state index contributed by atoms with van der Waals surface area (Å²) in [5, 5.41) is 21.1. The van der Waals surface area contributed by atoms with Crippen molar-refractivity contribution in [3.8, 4) is 11.1 Å². The van der Waals surface area contributed by atoms with Crippen LogP contribution in [0, 0.1) is 6.92 Å². The molecule has 3 aromatic rings. The quantitative estimate of drug-likeness (QED) is 0.0288. The summed E-state index contributed by atoms with van der Waals surface area (Å²) in [6.07, 6.45) is 2.91. The molecule has 4 amide bonds. The number of carbonyl (C=O) groups excluding carboxylic acids is 3. The fourth-order valence-electron chi connectivity index (χ4n) is 5.13. The number of carboxylic acid groups (broad SMARTS) is 1. The number of carboxylic acids is 1. The van der Waals surface area contributed by atoms with E-state index in [4.69, 9.17) is 14.6 Å². The van der Waals surface area contributed by atoms with Gasteiger partial charge in [-0.25, -0.2) is 28.2 Å². The zero-order valence-corrected chi connectivity index (χ0v) is 35.9. The lowest BCUT2D eigenvalue weighted by Crippen LogP contribution is -2.31. The Kier molecular flexibility index (Phi) is 16.3. The summed E-state index contributed by atoms with van der Waals surface area (Å²) in [5.41, 5.74) is 2.95. The second kappa shape index (κ2) is 20.0. The topological polar surface area (TPSA) is 202 Å². The monoisotopic (exact) mass is 833 g/mol. The number of thiophene rings is 1. The van der Waals surface area contributed by atoms with Crippen LogP contribution in [0.1, 0.15) is 56.9 Å². The number of anilines is 2. The Hall–Kier alpha value is -4.39. The molecule has 0 bridgehead atoms. The van der Waals surface area contributed by atoms with Crippen LogP contribution in [0.2, 0.25) is 25.7 Å². The number of rotatable bonds is 17. The molecule has 0 aliphatic carbocycles. The lowest BCUT2D eigenvalue weighted by atomic mass is 9.97. The molecule has 5 N–H and O–H groups in total. The molecule has 1 heterocycles. The molecule has 0 aliphatic heterocycles. The number of hydrogen-bond acceptors (Lipinski definition) is 11. The summed E-state index contributed by atoms with van der Waals surface area (Å²) in [4.78, 5) is 49.8. The number of benzene rings is 2. The summed E-state index contributed by atoms with van der Waals surface area (Å²) in [6, 6.07) is 11.9. The number of aryl methyl sites for hydroxylation is 1. The van der Waals surface area contributed by atoms with Gasteiger partial charge in [-0.1, -0.05) is 56.4 Å². The molecule has 1 aromatic heterocycles. The fourth-order valence-corrected chi connectivity index (χ4v) is 10.0. The molecule has 300 valence electrons. The van der Waals surface area contributed by atoms with Crippen LogP contribution in [0.3, 0.4) is 0 Å². The number of sulfone groups is 1. The number of ether oxygens (including phenoxy) is 2. The Labute approximate surface area is 332 Å². The standard InChI is InChI=1S/C37H51N5O9S3Si/c1-24-21-27(40-35(46)50-19-20-55(6,7)8)32(54(48,49)28-22-26(53-33(28)52-5)23-39-42-36(47)51-37(2,3)4)31(30(24)25-15-11-9-12-16-25)41-34(45)38-18-14-10-13-17-29(43)44/h9,11-12,15-16,21-23H,10,13-14,17-20H2,1-8H3,(H,40,46)(H,42,47)(H,43,44)(H2,38,41,45). The van der Waals surface area contributed by atoms with Crippen molar-refractivity contribution < 1.29 is 42.2 Å². The smallest absolute Gasteiger partial charge is 0.428 e. The molecule has 0 unspecified atom stereocenters. The Morgan fingerprint density at radius 3 is 2.31 bits per heavy atom. The Morgan fingerprint density at radius 2 is 1.69 bits per heavy atom. The first kappa shape index (κ1) is 45.0. The van der Waals surface area contributed by atoms with Crippen LogP contribution in [0.5, 0.6) is 0 Å². The molecular formula is C37H51N5O9S3Si. The van der Waals surface area contributed by atoms with E-state index >= 15 is 8.42 Å². The minimum atomic E-state index is -4.56. The Bertz CT molecular complexity index is 1970. The van der Waals surface area contributed by atoms with Gasteiger partial charge in [-0.2, -0.15) is 5.10 Å². The predicted molar refractivity (Wildman–Crippen MR) is 221 cm³/mol. The van der Waals surface area contributed by atoms with Crippen LogP contribution >= 0.6 is 23.1 Å². The summed E-state index contributed by atoms with van der Waals surface area (Å²) in [5.74, 6) is -0.899. The number of nitrogens with one attached hydrogen (secondary N) is 4. The summed E-state index contributed by atoms with van der Waals surface area (Å²) < 4.78 is 41.2. The number of hydrogen-bond donors (Lipinski definition) is 5. The van der Waals surface area contributed by atoms with E-state index in [2.05, 4.69) is 46.1 Å². The molecule has 0 saturated carbocycles. The molecule has 0 aliphatic rings. The minimum absolute atomic E-state index is 0.0158. The summed E-state index contributed by atoms with van der Waals surface area (Å²) in [6.45, 7) is 13.6. The Morgan fingerprint density at radius 1 is 1.00 bits per heavy atom. The maximum absolute atomic E-state index is 15.1. The highest BCUT2D eigenvalue weighted by molar-refractivity contribution is 8.01. The fraction of sp³-hybridized carbons (Fsp3) is 0.432. The third kappa shape index (κ3) is 14.3. The number of urea groups is 1. The first-order valence-corrected chi connectivity index (χ1v) is 24.8. The third-order valence-electron chi connectivity index (χ3n) is 7.63. The van der Waals surface area contributed by atoms with Crippen LogP contribution in [-0.4, -0.2) is 77.0 Å². The van der Waals surface area contributed by atoms with Crippen molar-refractivity contribution >= 4 is 82.8 Å². The van der Waals surface area contributed by atoms with Gasteiger partial charge < -0.3 is 25.2 Å². The molecule has 0 saturated heterocycles. The van der Waals surface area contributed by atoms with Gasteiger partial charge in [0.25, 0.3) is 0 Å². The van der Waals surface area contributed by atoms with Gasteiger partial charge in [-0.15, -0.1) is 23.1 Å². The van der Waals surface area contributed by atoms with Crippen molar-refractivity contribution in [3.05, 3.63) is 52.9 Å². The molecule has 14 nitrogen and oxygen atoms in total. The van der Waals surface area contributed by atoms with E-state index < -0.39 is 47.7 Å². The van der Waals surface area contributed by atoms with Gasteiger partial charge in [-0.05, 0) is 76.1 Å². The highest BCUT2D eigenvalue weighted by Crippen LogP contribution is 2.46. The first-order valence-electron chi connectivity index (χ1n) is 17.6. The highest BCUT2D eigenvalue weighted by Gasteiger charge is 2.34. The second-order valence-corrected chi connectivity index (χ2v) is 24.4. The Balaban J connectivity index is 2.18. The number of hydrazone groups is 1. The first-order chi connectivity index (χ1) is 25.7. The highest BCUT2D eigenvalue weighted by atomic mass is 32.2. The van der Waals surface area contributed by atoms with E-state index in [0.29, 0.717) is 51.1 Å². The zero-order valence-electron chi connectivity index (χ0n) is 32.5. The number of thioether (sulfide) groups is 1. The minimum Gasteiger partial charge on any atom is -0.481 e. The van der Waals surface area contributed by atoms with Crippen LogP contribution < -0.4 is 21.4 Å². The van der Waals surface area contributed by atoms with Gasteiger partial charge in [-0.3, -0.25) is 10.1 Å². The SMILES string of the molecule is CSc1sc(C=NNC(=O)OC(C)(C)C)cc1S(=O)(=O)c1c(NC(=O)OCC[Si](C)(C)C)cc(C)c(-c2ccccc2)c1NC(=O)NCCCCCC(=O)O. The van der Waals surface area contributed by atoms with Gasteiger partial charge in [0.15, 0.2) is 0 Å². The van der Waals surface area contributed by atoms with E-state index in [0.717, 1.165) is 11.3 Å². The zero-order chi connectivity index (χ0) is 41.0. The van der Waals surface area contributed by atoms with E-state index in [-0.39, 0.29) is 40.7 Å². The summed E-state index contributed by atoms with van der Waals surface area (Å²) >= 11 is 2.30. The van der Waals surface area contributed by atoms with E-state index in [9.17, 15) is 19.2 Å². The van der Waals surface area contributed by atoms with Crippen molar-refractivity contribution in [2.24, 2.45) is 5.10 Å². The van der Waals surface area contributed by atoms with Gasteiger partial charge in [0.1, 0.15) is 10.5 Å². The second-order valence-electron chi connectivity index (χ2n) is 14.7. The third-order valence-corrected chi connectivity index (χ3v) is 13.7. The number of amides is 4. The summed E-state index contributed by atoms with van der Waals surface area (Å²) in [7, 11) is -6.12. The number of unbranched alkanes of at least 4 members (excludes halogenated alkanes) is 2. The van der Waals surface area contributed by atoms with Gasteiger partial charge in [0, 0.05) is 31.5 Å². The molecule has 18 heteroatoms. The van der Waals surface area contributed by atoms with Crippen molar-refractivity contribution in [1.29, 1.82) is 0 Å². The van der Waals surface area contributed by atoms with Crippen LogP contribution in [0.25, 0.3) is 11.1 Å². The molecule has 2 aromatic carbocycles. The van der Waals surface area contributed by atoms with E-state index in [1.165, 1.54) is 24.0 Å². The molecule has 0 spiro atoms. The van der Waals surface area contributed by atoms with Crippen molar-refractivity contribution in [3.63, 3.8) is 0 Å². The lowest BCUT2D eigenvalue weighted by Gasteiger charge is -2.23. The molecule has 0 fully saturated rings. The number of aliphatic carboxylic acids is 1.